The van der Waals surface area contributed by atoms with Gasteiger partial charge in [-0.3, -0.25) is 10.1 Å². The molecule has 0 fully saturated rings. The fourth-order valence-electron chi connectivity index (χ4n) is 2.15. The van der Waals surface area contributed by atoms with Gasteiger partial charge in [-0.1, -0.05) is 13.8 Å². The Labute approximate surface area is 121 Å². The van der Waals surface area contributed by atoms with Crippen LogP contribution in [0.3, 0.4) is 0 Å². The van der Waals surface area contributed by atoms with Crippen molar-refractivity contribution < 1.29 is 4.79 Å². The summed E-state index contributed by atoms with van der Waals surface area (Å²) in [6.45, 7) is 5.02. The molecular weight excluding hydrogens is 268 g/mol. The van der Waals surface area contributed by atoms with Gasteiger partial charge in [0.2, 0.25) is 5.95 Å². The van der Waals surface area contributed by atoms with Crippen molar-refractivity contribution in [1.82, 2.24) is 24.4 Å². The zero-order chi connectivity index (χ0) is 14.8. The number of carbonyl (C=O) groups excluding carboxylic acids is 1. The normalized spacial score (nSPS) is 11.2. The van der Waals surface area contributed by atoms with Crippen LogP contribution in [0.1, 0.15) is 24.2 Å². The minimum absolute atomic E-state index is 0.241. The van der Waals surface area contributed by atoms with Crippen molar-refractivity contribution >= 4 is 17.4 Å². The number of imidazole rings is 1. The SMILES string of the molecule is CC(C)Cn1ccnc1NC(=O)c1cnn2ncccc12. The second-order valence-electron chi connectivity index (χ2n) is 5.21. The van der Waals surface area contributed by atoms with E-state index in [1.54, 1.807) is 24.5 Å². The third-order valence-electron chi connectivity index (χ3n) is 3.05. The van der Waals surface area contributed by atoms with E-state index in [9.17, 15) is 4.79 Å². The lowest BCUT2D eigenvalue weighted by atomic mass is 10.2. The van der Waals surface area contributed by atoms with Crippen molar-refractivity contribution in [3.05, 3.63) is 42.5 Å². The molecule has 1 N–H and O–H groups in total. The lowest BCUT2D eigenvalue weighted by molar-refractivity contribution is 0.102. The highest BCUT2D eigenvalue weighted by atomic mass is 16.1. The van der Waals surface area contributed by atoms with Gasteiger partial charge in [-0.05, 0) is 18.1 Å². The summed E-state index contributed by atoms with van der Waals surface area (Å²) in [5.74, 6) is 0.766. The molecule has 0 radical (unpaired) electrons. The molecule has 0 aliphatic heterocycles. The zero-order valence-corrected chi connectivity index (χ0v) is 11.9. The molecule has 7 nitrogen and oxygen atoms in total. The molecule has 0 aliphatic carbocycles. The van der Waals surface area contributed by atoms with Gasteiger partial charge in [0.15, 0.2) is 0 Å². The molecule has 108 valence electrons. The number of nitrogens with one attached hydrogen (secondary N) is 1. The lowest BCUT2D eigenvalue weighted by Gasteiger charge is -2.10. The topological polar surface area (TPSA) is 77.1 Å². The fourth-order valence-corrected chi connectivity index (χ4v) is 2.15. The van der Waals surface area contributed by atoms with E-state index in [2.05, 4.69) is 34.3 Å². The van der Waals surface area contributed by atoms with Crippen molar-refractivity contribution in [3.8, 4) is 0 Å². The first-order valence-corrected chi connectivity index (χ1v) is 6.76. The van der Waals surface area contributed by atoms with Crippen LogP contribution in [0.2, 0.25) is 0 Å². The summed E-state index contributed by atoms with van der Waals surface area (Å²) < 4.78 is 3.35. The van der Waals surface area contributed by atoms with Gasteiger partial charge in [0.1, 0.15) is 5.52 Å². The number of anilines is 1. The first kappa shape index (κ1) is 13.3. The number of hydrogen-bond donors (Lipinski definition) is 1. The van der Waals surface area contributed by atoms with Gasteiger partial charge in [0, 0.05) is 25.1 Å². The molecule has 0 aromatic carbocycles. The molecule has 3 aromatic rings. The van der Waals surface area contributed by atoms with E-state index in [-0.39, 0.29) is 5.91 Å². The van der Waals surface area contributed by atoms with Crippen molar-refractivity contribution in [1.29, 1.82) is 0 Å². The molecule has 0 saturated heterocycles. The van der Waals surface area contributed by atoms with E-state index in [1.165, 1.54) is 10.8 Å². The fraction of sp³-hybridized carbons (Fsp3) is 0.286. The predicted molar refractivity (Wildman–Crippen MR) is 78.0 cm³/mol. The first-order valence-electron chi connectivity index (χ1n) is 6.76. The maximum absolute atomic E-state index is 12.4. The predicted octanol–water partition coefficient (Wildman–Crippen LogP) is 1.83. The van der Waals surface area contributed by atoms with Crippen LogP contribution in [-0.4, -0.2) is 30.3 Å². The number of fused-ring (bicyclic) bond motifs is 1. The molecule has 7 heteroatoms. The Morgan fingerprint density at radius 1 is 1.33 bits per heavy atom. The van der Waals surface area contributed by atoms with E-state index in [0.29, 0.717) is 22.9 Å². The number of rotatable bonds is 4. The van der Waals surface area contributed by atoms with Gasteiger partial charge in [0.25, 0.3) is 5.91 Å². The Balaban J connectivity index is 1.85. The van der Waals surface area contributed by atoms with E-state index in [4.69, 9.17) is 0 Å². The smallest absolute Gasteiger partial charge is 0.261 e. The van der Waals surface area contributed by atoms with Crippen LogP contribution in [0.15, 0.2) is 36.9 Å². The Bertz CT molecular complexity index is 772. The summed E-state index contributed by atoms with van der Waals surface area (Å²) in [6.07, 6.45) is 6.66. The van der Waals surface area contributed by atoms with Gasteiger partial charge in [-0.25, -0.2) is 4.98 Å². The van der Waals surface area contributed by atoms with E-state index >= 15 is 0 Å². The van der Waals surface area contributed by atoms with E-state index < -0.39 is 0 Å². The lowest BCUT2D eigenvalue weighted by Crippen LogP contribution is -2.17. The number of nitrogens with zero attached hydrogens (tertiary/aromatic N) is 5. The van der Waals surface area contributed by atoms with Gasteiger partial charge in [-0.15, -0.1) is 0 Å². The van der Waals surface area contributed by atoms with E-state index in [1.807, 2.05) is 10.8 Å². The molecule has 3 rings (SSSR count). The Hall–Kier alpha value is -2.70. The number of hydrogen-bond acceptors (Lipinski definition) is 4. The van der Waals surface area contributed by atoms with Crippen molar-refractivity contribution in [2.45, 2.75) is 20.4 Å². The van der Waals surface area contributed by atoms with Crippen LogP contribution in [0.4, 0.5) is 5.95 Å². The van der Waals surface area contributed by atoms with Crippen LogP contribution in [0.5, 0.6) is 0 Å². The maximum atomic E-state index is 12.4. The maximum Gasteiger partial charge on any atom is 0.261 e. The third kappa shape index (κ3) is 2.62. The summed E-state index contributed by atoms with van der Waals surface area (Å²) in [4.78, 5) is 16.6. The summed E-state index contributed by atoms with van der Waals surface area (Å²) >= 11 is 0. The number of carbonyl (C=O) groups is 1. The Morgan fingerprint density at radius 3 is 3.00 bits per heavy atom. The summed E-state index contributed by atoms with van der Waals surface area (Å²) in [6, 6.07) is 3.57. The molecule has 0 bridgehead atoms. The second kappa shape index (κ2) is 5.35. The van der Waals surface area contributed by atoms with Crippen LogP contribution in [0.25, 0.3) is 5.52 Å². The number of amides is 1. The molecule has 1 amide bonds. The summed E-state index contributed by atoms with van der Waals surface area (Å²) in [5, 5.41) is 10.9. The van der Waals surface area contributed by atoms with Crippen LogP contribution >= 0.6 is 0 Å². The molecular formula is C14H16N6O. The highest BCUT2D eigenvalue weighted by molar-refractivity contribution is 6.08. The average Bonchev–Trinajstić information content (AvgIpc) is 3.05. The standard InChI is InChI=1S/C14H16N6O/c1-10(2)9-19-7-6-15-14(19)18-13(21)11-8-17-20-12(11)4-3-5-16-20/h3-8,10H,9H2,1-2H3,(H,15,18,21). The summed E-state index contributed by atoms with van der Waals surface area (Å²) in [7, 11) is 0. The largest absolute Gasteiger partial charge is 0.317 e. The molecule has 0 spiro atoms. The van der Waals surface area contributed by atoms with Crippen molar-refractivity contribution in [3.63, 3.8) is 0 Å². The first-order chi connectivity index (χ1) is 10.1. The van der Waals surface area contributed by atoms with Gasteiger partial charge in [-0.2, -0.15) is 14.8 Å². The molecule has 0 unspecified atom stereocenters. The monoisotopic (exact) mass is 284 g/mol. The zero-order valence-electron chi connectivity index (χ0n) is 11.9. The molecule has 3 heterocycles. The molecule has 0 atom stereocenters. The third-order valence-corrected chi connectivity index (χ3v) is 3.05. The van der Waals surface area contributed by atoms with Crippen molar-refractivity contribution in [2.75, 3.05) is 5.32 Å². The number of aromatic nitrogens is 5. The molecule has 3 aromatic heterocycles. The average molecular weight is 284 g/mol. The second-order valence-corrected chi connectivity index (χ2v) is 5.21. The quantitative estimate of drug-likeness (QED) is 0.793. The molecule has 0 aliphatic rings. The van der Waals surface area contributed by atoms with E-state index in [0.717, 1.165) is 6.54 Å². The van der Waals surface area contributed by atoms with Crippen LogP contribution in [0, 0.1) is 5.92 Å². The van der Waals surface area contributed by atoms with Crippen LogP contribution in [-0.2, 0) is 6.54 Å². The van der Waals surface area contributed by atoms with Gasteiger partial charge >= 0.3 is 0 Å². The minimum Gasteiger partial charge on any atom is -0.317 e. The minimum atomic E-state index is -0.241. The molecule has 0 saturated carbocycles. The highest BCUT2D eigenvalue weighted by Crippen LogP contribution is 2.13. The Kier molecular flexibility index (Phi) is 3.39. The highest BCUT2D eigenvalue weighted by Gasteiger charge is 2.15. The summed E-state index contributed by atoms with van der Waals surface area (Å²) in [5.41, 5.74) is 1.14. The van der Waals surface area contributed by atoms with Gasteiger partial charge < -0.3 is 4.57 Å². The van der Waals surface area contributed by atoms with Crippen LogP contribution < -0.4 is 5.32 Å². The molecule has 21 heavy (non-hydrogen) atoms. The van der Waals surface area contributed by atoms with Gasteiger partial charge in [0.05, 0.1) is 11.8 Å². The Morgan fingerprint density at radius 2 is 2.19 bits per heavy atom. The van der Waals surface area contributed by atoms with Crippen molar-refractivity contribution in [2.24, 2.45) is 5.92 Å².